The van der Waals surface area contributed by atoms with Crippen molar-refractivity contribution in [2.24, 2.45) is 0 Å². The van der Waals surface area contributed by atoms with Crippen LogP contribution in [-0.2, 0) is 12.8 Å². The van der Waals surface area contributed by atoms with E-state index in [1.807, 2.05) is 0 Å². The molecule has 0 fully saturated rings. The summed E-state index contributed by atoms with van der Waals surface area (Å²) in [7, 11) is 0. The molecule has 0 spiro atoms. The van der Waals surface area contributed by atoms with Gasteiger partial charge in [0.05, 0.1) is 27.8 Å². The molecule has 3 aromatic heterocycles. The zero-order valence-electron chi connectivity index (χ0n) is 25.8. The molecule has 0 saturated carbocycles. The topological polar surface area (TPSA) is 35.6 Å². The maximum Gasteiger partial charge on any atom is 0.235 e. The van der Waals surface area contributed by atoms with Gasteiger partial charge in [-0.25, -0.2) is 9.97 Å². The van der Waals surface area contributed by atoms with E-state index < -0.39 is 0 Å². The number of hydrogen-bond acceptors (Lipinski definition) is 2. The minimum atomic E-state index is 0.749. The van der Waals surface area contributed by atoms with Gasteiger partial charge in [-0.1, -0.05) is 97.1 Å². The van der Waals surface area contributed by atoms with Crippen molar-refractivity contribution in [2.45, 2.75) is 19.3 Å². The molecule has 0 saturated heterocycles. The smallest absolute Gasteiger partial charge is 0.235 e. The van der Waals surface area contributed by atoms with E-state index in [4.69, 9.17) is 9.97 Å². The number of hydrogen-bond donors (Lipinski definition) is 0. The third-order valence-electron chi connectivity index (χ3n) is 9.86. The number of nitrogens with zero attached hydrogens (tertiary/aromatic N) is 4. The van der Waals surface area contributed by atoms with Crippen LogP contribution >= 0.6 is 0 Å². The van der Waals surface area contributed by atoms with Gasteiger partial charge in [0.1, 0.15) is 0 Å². The van der Waals surface area contributed by atoms with Gasteiger partial charge in [0.2, 0.25) is 5.95 Å². The van der Waals surface area contributed by atoms with Crippen LogP contribution in [0.5, 0.6) is 0 Å². The first-order valence-corrected chi connectivity index (χ1v) is 16.4. The highest BCUT2D eigenvalue weighted by Gasteiger charge is 2.23. The van der Waals surface area contributed by atoms with Gasteiger partial charge in [-0.05, 0) is 78.9 Å². The van der Waals surface area contributed by atoms with Crippen molar-refractivity contribution >= 4 is 43.6 Å². The van der Waals surface area contributed by atoms with E-state index in [1.165, 1.54) is 60.6 Å². The second kappa shape index (κ2) is 10.3. The fraction of sp³-hybridized carbons (Fsp3) is 0.0698. The van der Waals surface area contributed by atoms with Crippen LogP contribution in [0.4, 0.5) is 0 Å². The molecule has 4 heteroatoms. The van der Waals surface area contributed by atoms with Crippen molar-refractivity contribution in [3.8, 4) is 34.0 Å². The lowest BCUT2D eigenvalue weighted by Gasteiger charge is -2.13. The monoisotopic (exact) mass is 602 g/mol. The molecule has 0 N–H and O–H groups in total. The Morgan fingerprint density at radius 1 is 0.426 bits per heavy atom. The fourth-order valence-electron chi connectivity index (χ4n) is 7.73. The Hall–Kier alpha value is -6.00. The number of fused-ring (bicyclic) bond motifs is 7. The van der Waals surface area contributed by atoms with Gasteiger partial charge in [0.15, 0.2) is 0 Å². The largest absolute Gasteiger partial charge is 0.309 e. The van der Waals surface area contributed by atoms with Gasteiger partial charge >= 0.3 is 0 Å². The van der Waals surface area contributed by atoms with E-state index in [-0.39, 0.29) is 0 Å². The predicted octanol–water partition coefficient (Wildman–Crippen LogP) is 10.5. The van der Waals surface area contributed by atoms with E-state index in [1.54, 1.807) is 0 Å². The first kappa shape index (κ1) is 26.2. The summed E-state index contributed by atoms with van der Waals surface area (Å²) >= 11 is 0. The Bertz CT molecular complexity index is 2650. The first-order chi connectivity index (χ1) is 23.3. The van der Waals surface area contributed by atoms with Gasteiger partial charge in [0.25, 0.3) is 0 Å². The SMILES string of the molecule is c1ccc(-c2nc(-n3c4ccccc4c4cc(-c5ccc6c(c5)c5ccccc5n6-c5ccccc5)ccc43)nc3c2CCC3)cc1. The summed E-state index contributed by atoms with van der Waals surface area (Å²) < 4.78 is 4.63. The first-order valence-electron chi connectivity index (χ1n) is 16.4. The summed E-state index contributed by atoms with van der Waals surface area (Å²) in [4.78, 5) is 10.5. The third kappa shape index (κ3) is 4.01. The zero-order valence-corrected chi connectivity index (χ0v) is 25.8. The van der Waals surface area contributed by atoms with E-state index in [9.17, 15) is 0 Å². The van der Waals surface area contributed by atoms with E-state index in [0.29, 0.717) is 0 Å². The Balaban J connectivity index is 1.17. The number of para-hydroxylation sites is 3. The molecule has 0 radical (unpaired) electrons. The van der Waals surface area contributed by atoms with Crippen LogP contribution in [0.15, 0.2) is 146 Å². The lowest BCUT2D eigenvalue weighted by Crippen LogP contribution is -2.06. The highest BCUT2D eigenvalue weighted by Crippen LogP contribution is 2.39. The van der Waals surface area contributed by atoms with Gasteiger partial charge in [-0.2, -0.15) is 0 Å². The minimum absolute atomic E-state index is 0.749. The maximum atomic E-state index is 5.28. The average molecular weight is 603 g/mol. The highest BCUT2D eigenvalue weighted by molar-refractivity contribution is 6.12. The molecule has 0 atom stereocenters. The van der Waals surface area contributed by atoms with Crippen LogP contribution in [0, 0.1) is 0 Å². The Kier molecular flexibility index (Phi) is 5.73. The number of benzene rings is 6. The van der Waals surface area contributed by atoms with Crippen LogP contribution in [0.3, 0.4) is 0 Å². The Labute approximate surface area is 272 Å². The van der Waals surface area contributed by atoms with Crippen molar-refractivity contribution in [1.82, 2.24) is 19.1 Å². The van der Waals surface area contributed by atoms with Gasteiger partial charge in [-0.15, -0.1) is 0 Å². The lowest BCUT2D eigenvalue weighted by atomic mass is 10.0. The molecule has 6 aromatic carbocycles. The van der Waals surface area contributed by atoms with Crippen LogP contribution in [0.2, 0.25) is 0 Å². The predicted molar refractivity (Wildman–Crippen MR) is 194 cm³/mol. The van der Waals surface area contributed by atoms with Crippen LogP contribution < -0.4 is 0 Å². The fourth-order valence-corrected chi connectivity index (χ4v) is 7.73. The zero-order chi connectivity index (χ0) is 30.9. The second-order valence-corrected chi connectivity index (χ2v) is 12.5. The molecular formula is C43H30N4. The summed E-state index contributed by atoms with van der Waals surface area (Å²) in [6.45, 7) is 0. The van der Waals surface area contributed by atoms with E-state index in [0.717, 1.165) is 47.5 Å². The summed E-state index contributed by atoms with van der Waals surface area (Å²) in [5.74, 6) is 0.749. The van der Waals surface area contributed by atoms with Crippen LogP contribution in [-0.4, -0.2) is 19.1 Å². The Morgan fingerprint density at radius 3 is 1.66 bits per heavy atom. The molecule has 3 heterocycles. The summed E-state index contributed by atoms with van der Waals surface area (Å²) in [6, 6.07) is 52.3. The van der Waals surface area contributed by atoms with Crippen LogP contribution in [0.25, 0.3) is 77.6 Å². The standard InChI is InChI=1S/C43H30N4/c1-3-12-28(13-4-1)42-34-18-11-19-37(34)44-43(45-42)47-39-21-10-8-17-33(39)36-27-30(23-25-41(36)47)29-22-24-40-35(26-29)32-16-7-9-20-38(32)46(40)31-14-5-2-6-15-31/h1-10,12-17,20-27H,11,18-19H2. The van der Waals surface area contributed by atoms with E-state index in [2.05, 4.69) is 155 Å². The van der Waals surface area contributed by atoms with Gasteiger partial charge in [-0.3, -0.25) is 4.57 Å². The number of aryl methyl sites for hydroxylation is 1. The molecule has 1 aliphatic carbocycles. The molecule has 10 rings (SSSR count). The molecular weight excluding hydrogens is 573 g/mol. The van der Waals surface area contributed by atoms with Crippen molar-refractivity contribution in [1.29, 1.82) is 0 Å². The summed E-state index contributed by atoms with van der Waals surface area (Å²) in [5, 5.41) is 4.92. The molecule has 1 aliphatic rings. The molecule has 4 nitrogen and oxygen atoms in total. The molecule has 0 aliphatic heterocycles. The van der Waals surface area contributed by atoms with Crippen LogP contribution in [0.1, 0.15) is 17.7 Å². The Morgan fingerprint density at radius 2 is 0.979 bits per heavy atom. The molecule has 0 unspecified atom stereocenters. The third-order valence-corrected chi connectivity index (χ3v) is 9.86. The normalized spacial score (nSPS) is 12.9. The quantitative estimate of drug-likeness (QED) is 0.201. The molecule has 47 heavy (non-hydrogen) atoms. The molecule has 222 valence electrons. The van der Waals surface area contributed by atoms with Gasteiger partial charge in [0, 0.05) is 44.1 Å². The summed E-state index contributed by atoms with van der Waals surface area (Å²) in [5.41, 5.74) is 12.9. The molecule has 0 amide bonds. The van der Waals surface area contributed by atoms with Crippen molar-refractivity contribution in [2.75, 3.05) is 0 Å². The molecule has 9 aromatic rings. The number of rotatable bonds is 4. The van der Waals surface area contributed by atoms with Crippen molar-refractivity contribution in [3.05, 3.63) is 157 Å². The number of aromatic nitrogens is 4. The molecule has 0 bridgehead atoms. The second-order valence-electron chi connectivity index (χ2n) is 12.5. The maximum absolute atomic E-state index is 5.28. The lowest BCUT2D eigenvalue weighted by molar-refractivity contribution is 0.892. The average Bonchev–Trinajstić information content (AvgIpc) is 3.84. The minimum Gasteiger partial charge on any atom is -0.309 e. The summed E-state index contributed by atoms with van der Waals surface area (Å²) in [6.07, 6.45) is 3.15. The van der Waals surface area contributed by atoms with E-state index >= 15 is 0 Å². The van der Waals surface area contributed by atoms with Crippen molar-refractivity contribution in [3.63, 3.8) is 0 Å². The highest BCUT2D eigenvalue weighted by atomic mass is 15.2. The van der Waals surface area contributed by atoms with Gasteiger partial charge < -0.3 is 4.57 Å². The van der Waals surface area contributed by atoms with Crippen molar-refractivity contribution < 1.29 is 0 Å².